The first-order valence-electron chi connectivity index (χ1n) is 7.40. The second kappa shape index (κ2) is 7.64. The summed E-state index contributed by atoms with van der Waals surface area (Å²) < 4.78 is 17.8. The van der Waals surface area contributed by atoms with Gasteiger partial charge in [0.2, 0.25) is 0 Å². The Bertz CT molecular complexity index is 402. The summed E-state index contributed by atoms with van der Waals surface area (Å²) in [5.41, 5.74) is 0. The topological polar surface area (TPSA) is 34.2 Å². The summed E-state index contributed by atoms with van der Waals surface area (Å²) in [5.74, 6) is 1.65. The normalized spacial score (nSPS) is 23.9. The van der Waals surface area contributed by atoms with Gasteiger partial charge in [-0.15, -0.1) is 0 Å². The second-order valence-electron chi connectivity index (χ2n) is 5.74. The molecule has 0 spiro atoms. The Hall–Kier alpha value is -1.30. The molecule has 0 radical (unpaired) electrons. The van der Waals surface area contributed by atoms with E-state index in [4.69, 9.17) is 14.2 Å². The number of ether oxygens (including phenoxy) is 3. The van der Waals surface area contributed by atoms with Crippen LogP contribution < -0.4 is 9.47 Å². The molecule has 0 amide bonds. The highest BCUT2D eigenvalue weighted by molar-refractivity contribution is 5.33. The Kier molecular flexibility index (Phi) is 5.85. The molecule has 1 aromatic carbocycles. The largest absolute Gasteiger partial charge is 0.475 e. The highest BCUT2D eigenvalue weighted by Gasteiger charge is 2.17. The second-order valence-corrected chi connectivity index (χ2v) is 5.74. The highest BCUT2D eigenvalue weighted by atomic mass is 16.5. The van der Waals surface area contributed by atoms with Crippen LogP contribution >= 0.6 is 0 Å². The Morgan fingerprint density at radius 1 is 0.857 bits per heavy atom. The van der Waals surface area contributed by atoms with E-state index in [1.807, 2.05) is 52.5 Å². The summed E-state index contributed by atoms with van der Waals surface area (Å²) in [5, 5.41) is 0. The van der Waals surface area contributed by atoms with E-state index in [0.717, 1.165) is 24.3 Å². The number of rotatable bonds is 2. The molecule has 0 fully saturated rings. The van der Waals surface area contributed by atoms with E-state index in [1.54, 1.807) is 0 Å². The number of fused-ring (bicyclic) bond motifs is 2. The molecule has 1 heterocycles. The Morgan fingerprint density at radius 3 is 1.76 bits per heavy atom. The standard InChI is InChI=1S/C16H26N2O3/c1-17(2)15-8-10-19-11-9-16(18(3)4)21-14-7-5-6-13(12-14)20-15/h5-7,12,15-16H,8-11H2,1-4H3. The van der Waals surface area contributed by atoms with Gasteiger partial charge in [0.25, 0.3) is 0 Å². The van der Waals surface area contributed by atoms with Crippen LogP contribution in [-0.2, 0) is 4.74 Å². The molecule has 118 valence electrons. The Morgan fingerprint density at radius 2 is 1.33 bits per heavy atom. The molecule has 1 aromatic rings. The first-order valence-corrected chi connectivity index (χ1v) is 7.40. The SMILES string of the molecule is CN(C)C1CCOCCC(N(C)C)Oc2cccc(c2)O1. The average molecular weight is 294 g/mol. The molecule has 0 saturated heterocycles. The van der Waals surface area contributed by atoms with Gasteiger partial charge in [-0.3, -0.25) is 9.80 Å². The number of benzene rings is 1. The van der Waals surface area contributed by atoms with E-state index in [-0.39, 0.29) is 12.5 Å². The third-order valence-electron chi connectivity index (χ3n) is 3.52. The summed E-state index contributed by atoms with van der Waals surface area (Å²) in [7, 11) is 8.05. The van der Waals surface area contributed by atoms with Crippen molar-refractivity contribution in [3.8, 4) is 11.5 Å². The Labute approximate surface area is 127 Å². The van der Waals surface area contributed by atoms with E-state index >= 15 is 0 Å². The zero-order valence-corrected chi connectivity index (χ0v) is 13.4. The molecule has 5 nitrogen and oxygen atoms in total. The molecule has 2 rings (SSSR count). The molecule has 0 aromatic heterocycles. The molecule has 0 N–H and O–H groups in total. The lowest BCUT2D eigenvalue weighted by Gasteiger charge is -2.28. The van der Waals surface area contributed by atoms with Crippen LogP contribution in [0.1, 0.15) is 12.8 Å². The van der Waals surface area contributed by atoms with Gasteiger partial charge in [0, 0.05) is 18.9 Å². The van der Waals surface area contributed by atoms with E-state index in [1.165, 1.54) is 0 Å². The fourth-order valence-corrected chi connectivity index (χ4v) is 2.25. The molecule has 1 aliphatic rings. The van der Waals surface area contributed by atoms with E-state index in [9.17, 15) is 0 Å². The fourth-order valence-electron chi connectivity index (χ4n) is 2.25. The van der Waals surface area contributed by atoms with Crippen LogP contribution in [0.15, 0.2) is 24.3 Å². The molecular formula is C16H26N2O3. The van der Waals surface area contributed by atoms with Crippen LogP contribution in [0.3, 0.4) is 0 Å². The molecule has 5 heteroatoms. The van der Waals surface area contributed by atoms with Crippen molar-refractivity contribution < 1.29 is 14.2 Å². The van der Waals surface area contributed by atoms with Crippen LogP contribution in [0.4, 0.5) is 0 Å². The van der Waals surface area contributed by atoms with Gasteiger partial charge in [-0.25, -0.2) is 0 Å². The molecule has 2 bridgehead atoms. The van der Waals surface area contributed by atoms with Gasteiger partial charge in [0.1, 0.15) is 11.5 Å². The first-order chi connectivity index (χ1) is 10.1. The smallest absolute Gasteiger partial charge is 0.154 e. The van der Waals surface area contributed by atoms with Gasteiger partial charge >= 0.3 is 0 Å². The third-order valence-corrected chi connectivity index (χ3v) is 3.52. The van der Waals surface area contributed by atoms with Gasteiger partial charge in [-0.2, -0.15) is 0 Å². The summed E-state index contributed by atoms with van der Waals surface area (Å²) in [6, 6.07) is 7.84. The molecule has 2 atom stereocenters. The van der Waals surface area contributed by atoms with Crippen molar-refractivity contribution in [3.05, 3.63) is 24.3 Å². The van der Waals surface area contributed by atoms with E-state index < -0.39 is 0 Å². The van der Waals surface area contributed by atoms with E-state index in [0.29, 0.717) is 13.2 Å². The van der Waals surface area contributed by atoms with Crippen molar-refractivity contribution in [2.75, 3.05) is 41.4 Å². The van der Waals surface area contributed by atoms with Gasteiger partial charge in [0.05, 0.1) is 13.2 Å². The predicted molar refractivity (Wildman–Crippen MR) is 82.7 cm³/mol. The zero-order valence-electron chi connectivity index (χ0n) is 13.4. The Balaban J connectivity index is 2.18. The van der Waals surface area contributed by atoms with Gasteiger partial charge < -0.3 is 14.2 Å². The number of nitrogens with zero attached hydrogens (tertiary/aromatic N) is 2. The minimum absolute atomic E-state index is 0.00400. The summed E-state index contributed by atoms with van der Waals surface area (Å²) in [6.45, 7) is 1.37. The average Bonchev–Trinajstić information content (AvgIpc) is 2.43. The number of hydrogen-bond acceptors (Lipinski definition) is 5. The fraction of sp³-hybridized carbons (Fsp3) is 0.625. The van der Waals surface area contributed by atoms with Crippen LogP contribution in [0.2, 0.25) is 0 Å². The molecular weight excluding hydrogens is 268 g/mol. The molecule has 2 unspecified atom stereocenters. The lowest BCUT2D eigenvalue weighted by Crippen LogP contribution is -2.36. The minimum Gasteiger partial charge on any atom is -0.475 e. The first kappa shape index (κ1) is 16.1. The maximum atomic E-state index is 6.04. The third kappa shape index (κ3) is 4.88. The monoisotopic (exact) mass is 294 g/mol. The van der Waals surface area contributed by atoms with Gasteiger partial charge in [-0.05, 0) is 40.3 Å². The maximum Gasteiger partial charge on any atom is 0.154 e. The summed E-state index contributed by atoms with van der Waals surface area (Å²) in [4.78, 5) is 4.12. The lowest BCUT2D eigenvalue weighted by molar-refractivity contribution is -0.00356. The number of hydrogen-bond donors (Lipinski definition) is 0. The van der Waals surface area contributed by atoms with Gasteiger partial charge in [0.15, 0.2) is 12.5 Å². The molecule has 1 aliphatic heterocycles. The molecule has 21 heavy (non-hydrogen) atoms. The zero-order chi connectivity index (χ0) is 15.2. The van der Waals surface area contributed by atoms with Crippen LogP contribution in [0.5, 0.6) is 11.5 Å². The van der Waals surface area contributed by atoms with Crippen molar-refractivity contribution in [1.29, 1.82) is 0 Å². The van der Waals surface area contributed by atoms with Crippen LogP contribution in [-0.4, -0.2) is 63.7 Å². The van der Waals surface area contributed by atoms with Gasteiger partial charge in [-0.1, -0.05) is 6.07 Å². The lowest BCUT2D eigenvalue weighted by atomic mass is 10.3. The highest BCUT2D eigenvalue weighted by Crippen LogP contribution is 2.24. The summed E-state index contributed by atoms with van der Waals surface area (Å²) in [6.07, 6.45) is 1.68. The quantitative estimate of drug-likeness (QED) is 0.834. The maximum absolute atomic E-state index is 6.04. The summed E-state index contributed by atoms with van der Waals surface area (Å²) >= 11 is 0. The van der Waals surface area contributed by atoms with Crippen molar-refractivity contribution in [2.45, 2.75) is 25.3 Å². The van der Waals surface area contributed by atoms with Crippen molar-refractivity contribution in [1.82, 2.24) is 9.80 Å². The van der Waals surface area contributed by atoms with E-state index in [2.05, 4.69) is 9.80 Å². The minimum atomic E-state index is 0.00400. The van der Waals surface area contributed by atoms with Crippen LogP contribution in [0, 0.1) is 0 Å². The van der Waals surface area contributed by atoms with Crippen molar-refractivity contribution in [2.24, 2.45) is 0 Å². The van der Waals surface area contributed by atoms with Crippen molar-refractivity contribution >= 4 is 0 Å². The predicted octanol–water partition coefficient (Wildman–Crippen LogP) is 2.03. The molecule has 0 aliphatic carbocycles. The van der Waals surface area contributed by atoms with Crippen molar-refractivity contribution in [3.63, 3.8) is 0 Å². The molecule has 0 saturated carbocycles. The van der Waals surface area contributed by atoms with Crippen LogP contribution in [0.25, 0.3) is 0 Å².